The van der Waals surface area contributed by atoms with E-state index in [1.807, 2.05) is 0 Å². The molecule has 2 fully saturated rings. The molecule has 0 bridgehead atoms. The molecule has 158 valence electrons. The normalized spacial score (nSPS) is 18.9. The Balaban J connectivity index is 1.52. The number of carbonyl (C=O) groups is 2. The van der Waals surface area contributed by atoms with E-state index in [9.17, 15) is 19.1 Å². The lowest BCUT2D eigenvalue weighted by atomic mass is 10.0. The zero-order valence-electron chi connectivity index (χ0n) is 16.0. The lowest BCUT2D eigenvalue weighted by Gasteiger charge is -2.33. The molecule has 1 N–H and O–H groups in total. The van der Waals surface area contributed by atoms with Crippen molar-refractivity contribution < 1.29 is 23.8 Å². The summed E-state index contributed by atoms with van der Waals surface area (Å²) in [6.45, 7) is 0.917. The van der Waals surface area contributed by atoms with E-state index in [2.05, 4.69) is 0 Å². The largest absolute Gasteiger partial charge is 0.488 e. The maximum absolute atomic E-state index is 14.3. The van der Waals surface area contributed by atoms with E-state index >= 15 is 0 Å². The summed E-state index contributed by atoms with van der Waals surface area (Å²) in [5.74, 6) is -1.75. The third-order valence-corrected chi connectivity index (χ3v) is 5.85. The number of halogens is 3. The third kappa shape index (κ3) is 4.55. The number of benzene rings is 2. The van der Waals surface area contributed by atoms with Crippen molar-refractivity contribution in [3.05, 3.63) is 62.9 Å². The van der Waals surface area contributed by atoms with Crippen molar-refractivity contribution in [2.24, 2.45) is 0 Å². The van der Waals surface area contributed by atoms with Crippen molar-refractivity contribution in [1.82, 2.24) is 4.90 Å². The van der Waals surface area contributed by atoms with Crippen LogP contribution in [-0.4, -0.2) is 41.1 Å². The zero-order valence-corrected chi connectivity index (χ0v) is 17.5. The fourth-order valence-corrected chi connectivity index (χ4v) is 4.34. The van der Waals surface area contributed by atoms with E-state index in [-0.39, 0.29) is 23.5 Å². The van der Waals surface area contributed by atoms with Gasteiger partial charge in [-0.2, -0.15) is 0 Å². The van der Waals surface area contributed by atoms with Gasteiger partial charge in [0.2, 0.25) is 0 Å². The van der Waals surface area contributed by atoms with Gasteiger partial charge in [-0.25, -0.2) is 9.18 Å². The maximum atomic E-state index is 14.3. The number of aromatic carboxylic acids is 1. The summed E-state index contributed by atoms with van der Waals surface area (Å²) in [6.07, 6.45) is 2.98. The highest BCUT2D eigenvalue weighted by Crippen LogP contribution is 2.45. The van der Waals surface area contributed by atoms with Crippen LogP contribution >= 0.6 is 23.2 Å². The number of nitrogens with zero attached hydrogens (tertiary/aromatic N) is 1. The molecule has 2 aliphatic rings. The molecule has 1 aliphatic carbocycles. The molecule has 8 heteroatoms. The van der Waals surface area contributed by atoms with Crippen LogP contribution in [0, 0.1) is 5.82 Å². The van der Waals surface area contributed by atoms with E-state index in [0.29, 0.717) is 40.9 Å². The first-order valence-electron chi connectivity index (χ1n) is 9.80. The Labute approximate surface area is 183 Å². The highest BCUT2D eigenvalue weighted by Gasteiger charge is 2.32. The van der Waals surface area contributed by atoms with Crippen LogP contribution in [0.4, 0.5) is 4.39 Å². The molecular weight excluding hydrogens is 432 g/mol. The Morgan fingerprint density at radius 3 is 2.40 bits per heavy atom. The van der Waals surface area contributed by atoms with E-state index in [0.717, 1.165) is 30.9 Å². The summed E-state index contributed by atoms with van der Waals surface area (Å²) in [4.78, 5) is 25.8. The SMILES string of the molecule is O=C(O)c1cc(C2CC2)c(O[C@@H]2CCCN(C(=O)c3cc(Cl)cc(Cl)c3)C2)cc1F. The Bertz CT molecular complexity index is 989. The quantitative estimate of drug-likeness (QED) is 0.661. The molecule has 0 unspecified atom stereocenters. The lowest BCUT2D eigenvalue weighted by molar-refractivity contribution is 0.0534. The van der Waals surface area contributed by atoms with Crippen molar-refractivity contribution in [2.75, 3.05) is 13.1 Å². The second-order valence-corrected chi connectivity index (χ2v) is 8.61. The lowest BCUT2D eigenvalue weighted by Crippen LogP contribution is -2.44. The van der Waals surface area contributed by atoms with Gasteiger partial charge in [0.05, 0.1) is 12.1 Å². The first-order valence-corrected chi connectivity index (χ1v) is 10.6. The van der Waals surface area contributed by atoms with Crippen molar-refractivity contribution in [3.63, 3.8) is 0 Å². The maximum Gasteiger partial charge on any atom is 0.338 e. The summed E-state index contributed by atoms with van der Waals surface area (Å²) in [5.41, 5.74) is 0.782. The minimum absolute atomic E-state index is 0.189. The van der Waals surface area contributed by atoms with Gasteiger partial charge in [0.25, 0.3) is 5.91 Å². The summed E-state index contributed by atoms with van der Waals surface area (Å²) in [6, 6.07) is 7.26. The molecule has 5 nitrogen and oxygen atoms in total. The standard InChI is InChI=1S/C22H20Cl2FNO4/c23-14-6-13(7-15(24)8-14)21(27)26-5-1-2-16(11-26)30-20-10-19(25)18(22(28)29)9-17(20)12-3-4-12/h6-10,12,16H,1-5,11H2,(H,28,29)/t16-/m1/s1. The predicted octanol–water partition coefficient (Wildman–Crippen LogP) is 5.39. The van der Waals surface area contributed by atoms with Gasteiger partial charge in [0, 0.05) is 28.2 Å². The van der Waals surface area contributed by atoms with Gasteiger partial charge in [0.1, 0.15) is 17.7 Å². The van der Waals surface area contributed by atoms with Crippen LogP contribution in [0.3, 0.4) is 0 Å². The fourth-order valence-electron chi connectivity index (χ4n) is 3.81. The predicted molar refractivity (Wildman–Crippen MR) is 111 cm³/mol. The number of likely N-dealkylation sites (tertiary alicyclic amines) is 1. The number of carboxylic acid groups (broad SMARTS) is 1. The van der Waals surface area contributed by atoms with Crippen molar-refractivity contribution in [3.8, 4) is 5.75 Å². The van der Waals surface area contributed by atoms with Crippen LogP contribution < -0.4 is 4.74 Å². The summed E-state index contributed by atoms with van der Waals surface area (Å²) in [5, 5.41) is 9.98. The Kier molecular flexibility index (Phi) is 5.89. The number of hydrogen-bond donors (Lipinski definition) is 1. The van der Waals surface area contributed by atoms with Crippen molar-refractivity contribution in [2.45, 2.75) is 37.7 Å². The van der Waals surface area contributed by atoms with Gasteiger partial charge in [0.15, 0.2) is 0 Å². The van der Waals surface area contributed by atoms with Gasteiger partial charge in [-0.15, -0.1) is 0 Å². The monoisotopic (exact) mass is 451 g/mol. The number of carbonyl (C=O) groups excluding carboxylic acids is 1. The van der Waals surface area contributed by atoms with Gasteiger partial charge in [-0.3, -0.25) is 4.79 Å². The smallest absolute Gasteiger partial charge is 0.338 e. The minimum atomic E-state index is -1.30. The van der Waals surface area contributed by atoms with Crippen LogP contribution in [-0.2, 0) is 0 Å². The molecule has 1 atom stereocenters. The summed E-state index contributed by atoms with van der Waals surface area (Å²) >= 11 is 12.0. The molecular formula is C22H20Cl2FNO4. The summed E-state index contributed by atoms with van der Waals surface area (Å²) in [7, 11) is 0. The molecule has 2 aromatic rings. The topological polar surface area (TPSA) is 66.8 Å². The molecule has 1 aliphatic heterocycles. The van der Waals surface area contributed by atoms with E-state index in [4.69, 9.17) is 27.9 Å². The number of carboxylic acids is 1. The Hall–Kier alpha value is -2.31. The van der Waals surface area contributed by atoms with Crippen molar-refractivity contribution >= 4 is 35.1 Å². The number of hydrogen-bond acceptors (Lipinski definition) is 3. The molecule has 1 heterocycles. The van der Waals surface area contributed by atoms with Gasteiger partial charge < -0.3 is 14.7 Å². The Morgan fingerprint density at radius 2 is 1.77 bits per heavy atom. The number of ether oxygens (including phenoxy) is 1. The van der Waals surface area contributed by atoms with Gasteiger partial charge in [-0.1, -0.05) is 23.2 Å². The minimum Gasteiger partial charge on any atom is -0.488 e. The Morgan fingerprint density at radius 1 is 1.07 bits per heavy atom. The van der Waals surface area contributed by atoms with Gasteiger partial charge >= 0.3 is 5.97 Å². The number of piperidine rings is 1. The average molecular weight is 452 g/mol. The molecule has 2 aromatic carbocycles. The zero-order chi connectivity index (χ0) is 21.4. The van der Waals surface area contributed by atoms with Crippen LogP contribution in [0.1, 0.15) is 57.9 Å². The van der Waals surface area contributed by atoms with Crippen molar-refractivity contribution in [1.29, 1.82) is 0 Å². The van der Waals surface area contributed by atoms with E-state index in [1.165, 1.54) is 6.07 Å². The van der Waals surface area contributed by atoms with Crippen LogP contribution in [0.15, 0.2) is 30.3 Å². The molecule has 4 rings (SSSR count). The molecule has 1 amide bonds. The molecule has 0 aromatic heterocycles. The number of rotatable bonds is 5. The van der Waals surface area contributed by atoms with Crippen LogP contribution in [0.5, 0.6) is 5.75 Å². The molecule has 0 spiro atoms. The summed E-state index contributed by atoms with van der Waals surface area (Å²) < 4.78 is 20.4. The third-order valence-electron chi connectivity index (χ3n) is 5.42. The first-order chi connectivity index (χ1) is 14.3. The second kappa shape index (κ2) is 8.44. The molecule has 30 heavy (non-hydrogen) atoms. The average Bonchev–Trinajstić information content (AvgIpc) is 3.52. The highest BCUT2D eigenvalue weighted by molar-refractivity contribution is 6.35. The number of amides is 1. The molecule has 1 saturated heterocycles. The van der Waals surface area contributed by atoms with Crippen LogP contribution in [0.2, 0.25) is 10.0 Å². The van der Waals surface area contributed by atoms with E-state index < -0.39 is 11.8 Å². The van der Waals surface area contributed by atoms with Crippen LogP contribution in [0.25, 0.3) is 0 Å². The van der Waals surface area contributed by atoms with E-state index in [1.54, 1.807) is 23.1 Å². The second-order valence-electron chi connectivity index (χ2n) is 7.74. The van der Waals surface area contributed by atoms with Gasteiger partial charge in [-0.05, 0) is 61.4 Å². The molecule has 0 radical (unpaired) electrons. The fraction of sp³-hybridized carbons (Fsp3) is 0.364. The highest BCUT2D eigenvalue weighted by atomic mass is 35.5. The molecule has 1 saturated carbocycles. The first kappa shape index (κ1) is 20.9.